The van der Waals surface area contributed by atoms with Crippen molar-refractivity contribution < 1.29 is 4.39 Å². The molecule has 0 fully saturated rings. The molecule has 0 atom stereocenters. The molecule has 0 unspecified atom stereocenters. The van der Waals surface area contributed by atoms with E-state index in [1.807, 2.05) is 28.9 Å². The van der Waals surface area contributed by atoms with Gasteiger partial charge in [0.1, 0.15) is 11.5 Å². The van der Waals surface area contributed by atoms with Crippen LogP contribution in [0.5, 0.6) is 0 Å². The molecule has 2 nitrogen and oxygen atoms in total. The summed E-state index contributed by atoms with van der Waals surface area (Å²) in [6, 6.07) is 8.45. The fourth-order valence-corrected chi connectivity index (χ4v) is 2.70. The second-order valence-corrected chi connectivity index (χ2v) is 5.63. The van der Waals surface area contributed by atoms with Crippen LogP contribution < -0.4 is 0 Å². The molecule has 0 N–H and O–H groups in total. The molecule has 5 heteroatoms. The van der Waals surface area contributed by atoms with E-state index in [0.717, 1.165) is 21.4 Å². The SMILES string of the molecule is Fc1ccc(-c2cn3cc(Br)ccc3n2)c(Br)c1. The quantitative estimate of drug-likeness (QED) is 0.609. The van der Waals surface area contributed by atoms with Crippen molar-refractivity contribution >= 4 is 37.5 Å². The minimum absolute atomic E-state index is 0.267. The molecule has 0 saturated heterocycles. The number of imidazole rings is 1. The van der Waals surface area contributed by atoms with Gasteiger partial charge in [-0.3, -0.25) is 0 Å². The number of hydrogen-bond donors (Lipinski definition) is 0. The molecule has 18 heavy (non-hydrogen) atoms. The number of benzene rings is 1. The summed E-state index contributed by atoms with van der Waals surface area (Å²) in [4.78, 5) is 4.50. The minimum Gasteiger partial charge on any atom is -0.305 e. The number of rotatable bonds is 1. The Balaban J connectivity index is 2.19. The molecular weight excluding hydrogens is 363 g/mol. The lowest BCUT2D eigenvalue weighted by atomic mass is 10.2. The molecule has 0 spiro atoms. The first-order valence-electron chi connectivity index (χ1n) is 5.23. The number of fused-ring (bicyclic) bond motifs is 1. The molecule has 3 aromatic rings. The summed E-state index contributed by atoms with van der Waals surface area (Å²) in [6.07, 6.45) is 3.85. The van der Waals surface area contributed by atoms with Gasteiger partial charge in [-0.15, -0.1) is 0 Å². The van der Waals surface area contributed by atoms with Gasteiger partial charge in [-0.2, -0.15) is 0 Å². The van der Waals surface area contributed by atoms with E-state index in [1.165, 1.54) is 12.1 Å². The zero-order valence-electron chi connectivity index (χ0n) is 9.07. The normalized spacial score (nSPS) is 11.1. The standard InChI is InChI=1S/C13H7Br2FN2/c14-8-1-4-13-17-12(7-18(13)6-8)10-3-2-9(16)5-11(10)15/h1-7H. The third kappa shape index (κ3) is 2.08. The van der Waals surface area contributed by atoms with Crippen LogP contribution in [-0.4, -0.2) is 9.38 Å². The summed E-state index contributed by atoms with van der Waals surface area (Å²) >= 11 is 6.77. The summed E-state index contributed by atoms with van der Waals surface area (Å²) < 4.78 is 16.7. The van der Waals surface area contributed by atoms with Crippen molar-refractivity contribution in [3.63, 3.8) is 0 Å². The second-order valence-electron chi connectivity index (χ2n) is 3.86. The predicted octanol–water partition coefficient (Wildman–Crippen LogP) is 4.67. The molecule has 3 rings (SSSR count). The van der Waals surface area contributed by atoms with Crippen LogP contribution in [-0.2, 0) is 0 Å². The van der Waals surface area contributed by atoms with E-state index < -0.39 is 0 Å². The fourth-order valence-electron chi connectivity index (χ4n) is 1.79. The van der Waals surface area contributed by atoms with E-state index in [9.17, 15) is 4.39 Å². The second kappa shape index (κ2) is 4.48. The van der Waals surface area contributed by atoms with Crippen molar-refractivity contribution in [3.05, 3.63) is 57.5 Å². The van der Waals surface area contributed by atoms with Gasteiger partial charge in [-0.25, -0.2) is 9.37 Å². The summed E-state index contributed by atoms with van der Waals surface area (Å²) in [6.45, 7) is 0. The zero-order valence-corrected chi connectivity index (χ0v) is 12.2. The summed E-state index contributed by atoms with van der Waals surface area (Å²) in [7, 11) is 0. The molecule has 0 aliphatic carbocycles. The van der Waals surface area contributed by atoms with Crippen LogP contribution in [0.25, 0.3) is 16.9 Å². The molecule has 0 bridgehead atoms. The number of aromatic nitrogens is 2. The molecule has 0 amide bonds. The lowest BCUT2D eigenvalue weighted by Crippen LogP contribution is -1.81. The van der Waals surface area contributed by atoms with Gasteiger partial charge in [0.25, 0.3) is 0 Å². The lowest BCUT2D eigenvalue weighted by Gasteiger charge is -1.99. The summed E-state index contributed by atoms with van der Waals surface area (Å²) in [5.74, 6) is -0.267. The van der Waals surface area contributed by atoms with Gasteiger partial charge in [0.2, 0.25) is 0 Å². The Bertz CT molecular complexity index is 737. The molecule has 2 aromatic heterocycles. The van der Waals surface area contributed by atoms with Crippen molar-refractivity contribution in [2.75, 3.05) is 0 Å². The molecule has 0 saturated carbocycles. The number of halogens is 3. The van der Waals surface area contributed by atoms with Crippen LogP contribution in [0.2, 0.25) is 0 Å². The van der Waals surface area contributed by atoms with E-state index in [2.05, 4.69) is 36.8 Å². The van der Waals surface area contributed by atoms with Crippen molar-refractivity contribution in [3.8, 4) is 11.3 Å². The molecule has 0 aliphatic heterocycles. The van der Waals surface area contributed by atoms with Crippen LogP contribution in [0.15, 0.2) is 51.7 Å². The fraction of sp³-hybridized carbons (Fsp3) is 0. The van der Waals surface area contributed by atoms with Crippen LogP contribution in [0.1, 0.15) is 0 Å². The maximum atomic E-state index is 13.1. The first-order valence-corrected chi connectivity index (χ1v) is 6.82. The molecule has 2 heterocycles. The van der Waals surface area contributed by atoms with Crippen LogP contribution >= 0.6 is 31.9 Å². The Morgan fingerprint density at radius 2 is 1.89 bits per heavy atom. The van der Waals surface area contributed by atoms with Crippen LogP contribution in [0.4, 0.5) is 4.39 Å². The van der Waals surface area contributed by atoms with E-state index >= 15 is 0 Å². The average molecular weight is 370 g/mol. The molecule has 90 valence electrons. The Morgan fingerprint density at radius 1 is 1.06 bits per heavy atom. The number of pyridine rings is 1. The van der Waals surface area contributed by atoms with Crippen molar-refractivity contribution in [2.45, 2.75) is 0 Å². The Kier molecular flexibility index (Phi) is 2.95. The van der Waals surface area contributed by atoms with Gasteiger partial charge in [-0.05, 0) is 62.2 Å². The summed E-state index contributed by atoms with van der Waals surface area (Å²) in [5, 5.41) is 0. The smallest absolute Gasteiger partial charge is 0.137 e. The highest BCUT2D eigenvalue weighted by atomic mass is 79.9. The van der Waals surface area contributed by atoms with Gasteiger partial charge in [0, 0.05) is 26.9 Å². The number of hydrogen-bond acceptors (Lipinski definition) is 1. The topological polar surface area (TPSA) is 17.3 Å². The van der Waals surface area contributed by atoms with Crippen LogP contribution in [0, 0.1) is 5.82 Å². The van der Waals surface area contributed by atoms with Crippen molar-refractivity contribution in [1.82, 2.24) is 9.38 Å². The first-order chi connectivity index (χ1) is 8.63. The van der Waals surface area contributed by atoms with E-state index in [0.29, 0.717) is 4.47 Å². The molecular formula is C13H7Br2FN2. The highest BCUT2D eigenvalue weighted by Crippen LogP contribution is 2.28. The average Bonchev–Trinajstić information content (AvgIpc) is 2.71. The van der Waals surface area contributed by atoms with Gasteiger partial charge < -0.3 is 4.40 Å². The molecule has 1 aromatic carbocycles. The molecule has 0 aliphatic rings. The highest BCUT2D eigenvalue weighted by Gasteiger charge is 2.08. The largest absolute Gasteiger partial charge is 0.305 e. The van der Waals surface area contributed by atoms with Crippen LogP contribution in [0.3, 0.4) is 0 Å². The van der Waals surface area contributed by atoms with Gasteiger partial charge in [0.15, 0.2) is 0 Å². The lowest BCUT2D eigenvalue weighted by molar-refractivity contribution is 0.627. The first kappa shape index (κ1) is 11.9. The van der Waals surface area contributed by atoms with Crippen molar-refractivity contribution in [2.24, 2.45) is 0 Å². The molecule has 0 radical (unpaired) electrons. The Labute approximate surface area is 120 Å². The van der Waals surface area contributed by atoms with Crippen molar-refractivity contribution in [1.29, 1.82) is 0 Å². The highest BCUT2D eigenvalue weighted by molar-refractivity contribution is 9.10. The maximum Gasteiger partial charge on any atom is 0.137 e. The third-order valence-electron chi connectivity index (χ3n) is 2.62. The van der Waals surface area contributed by atoms with Gasteiger partial charge in [0.05, 0.1) is 5.69 Å². The summed E-state index contributed by atoms with van der Waals surface area (Å²) in [5.41, 5.74) is 2.53. The minimum atomic E-state index is -0.267. The van der Waals surface area contributed by atoms with E-state index in [-0.39, 0.29) is 5.82 Å². The Hall–Kier alpha value is -1.20. The maximum absolute atomic E-state index is 13.1. The number of nitrogens with zero attached hydrogens (tertiary/aromatic N) is 2. The van der Waals surface area contributed by atoms with E-state index in [1.54, 1.807) is 6.07 Å². The van der Waals surface area contributed by atoms with Gasteiger partial charge in [-0.1, -0.05) is 0 Å². The third-order valence-corrected chi connectivity index (χ3v) is 3.75. The predicted molar refractivity (Wildman–Crippen MR) is 76.0 cm³/mol. The zero-order chi connectivity index (χ0) is 12.7. The van der Waals surface area contributed by atoms with Gasteiger partial charge >= 0.3 is 0 Å². The van der Waals surface area contributed by atoms with E-state index in [4.69, 9.17) is 0 Å². The Morgan fingerprint density at radius 3 is 2.67 bits per heavy atom. The monoisotopic (exact) mass is 368 g/mol.